The van der Waals surface area contributed by atoms with E-state index in [-0.39, 0.29) is 38.2 Å². The molecule has 6 heteroatoms. The standard InChI is InChI=1S/C22H24F2N2O2/c1-15-7-6-8-16(2)19(15)28-11-18(17-9-4-3-5-10-17)25-20(27)26-13-21(14-26)12-22(21,23)24/h3-10,18H,11-14H2,1-2H3,(H,25,27). The Kier molecular flexibility index (Phi) is 4.52. The fourth-order valence-electron chi connectivity index (χ4n) is 3.89. The molecule has 1 N–H and O–H groups in total. The summed E-state index contributed by atoms with van der Waals surface area (Å²) >= 11 is 0. The molecule has 4 nitrogen and oxygen atoms in total. The highest BCUT2D eigenvalue weighted by Crippen LogP contribution is 2.65. The minimum absolute atomic E-state index is 0.110. The largest absolute Gasteiger partial charge is 0.491 e. The van der Waals surface area contributed by atoms with E-state index in [1.807, 2.05) is 62.4 Å². The number of nitrogens with one attached hydrogen (secondary N) is 1. The van der Waals surface area contributed by atoms with Gasteiger partial charge in [-0.3, -0.25) is 0 Å². The second-order valence-corrected chi connectivity index (χ2v) is 7.96. The van der Waals surface area contributed by atoms with Gasteiger partial charge < -0.3 is 15.0 Å². The number of para-hydroxylation sites is 1. The zero-order valence-corrected chi connectivity index (χ0v) is 16.0. The predicted octanol–water partition coefficient (Wildman–Crippen LogP) is 4.47. The van der Waals surface area contributed by atoms with E-state index in [1.54, 1.807) is 0 Å². The molecule has 1 aliphatic heterocycles. The van der Waals surface area contributed by atoms with Gasteiger partial charge in [-0.05, 0) is 30.5 Å². The Morgan fingerprint density at radius 1 is 1.11 bits per heavy atom. The maximum absolute atomic E-state index is 13.4. The van der Waals surface area contributed by atoms with Crippen LogP contribution in [0.3, 0.4) is 0 Å². The first-order valence-corrected chi connectivity index (χ1v) is 9.49. The Morgan fingerprint density at radius 3 is 2.29 bits per heavy atom. The highest BCUT2D eigenvalue weighted by molar-refractivity contribution is 5.76. The molecule has 1 aliphatic carbocycles. The highest BCUT2D eigenvalue weighted by atomic mass is 19.3. The van der Waals surface area contributed by atoms with Crippen molar-refractivity contribution in [1.82, 2.24) is 10.2 Å². The molecule has 2 amide bonds. The number of ether oxygens (including phenoxy) is 1. The van der Waals surface area contributed by atoms with E-state index in [0.717, 1.165) is 22.4 Å². The van der Waals surface area contributed by atoms with Crippen LogP contribution >= 0.6 is 0 Å². The van der Waals surface area contributed by atoms with Gasteiger partial charge in [-0.15, -0.1) is 0 Å². The number of aryl methyl sites for hydroxylation is 2. The SMILES string of the molecule is Cc1cccc(C)c1OCC(NC(=O)N1CC2(C1)CC2(F)F)c1ccccc1. The first kappa shape index (κ1) is 18.7. The number of carbonyl (C=O) groups is 1. The van der Waals surface area contributed by atoms with Gasteiger partial charge in [0.1, 0.15) is 12.4 Å². The fraction of sp³-hybridized carbons (Fsp3) is 0.409. The third kappa shape index (κ3) is 3.32. The molecule has 0 aromatic heterocycles. The van der Waals surface area contributed by atoms with Crippen molar-refractivity contribution in [2.75, 3.05) is 19.7 Å². The minimum atomic E-state index is -2.62. The summed E-state index contributed by atoms with van der Waals surface area (Å²) in [6.07, 6.45) is -0.110. The lowest BCUT2D eigenvalue weighted by Crippen LogP contribution is -2.57. The smallest absolute Gasteiger partial charge is 0.318 e. The van der Waals surface area contributed by atoms with Crippen LogP contribution in [0.4, 0.5) is 13.6 Å². The number of hydrogen-bond acceptors (Lipinski definition) is 2. The normalized spacial score (nSPS) is 19.6. The summed E-state index contributed by atoms with van der Waals surface area (Å²) in [5, 5.41) is 2.95. The Morgan fingerprint density at radius 2 is 1.71 bits per heavy atom. The number of likely N-dealkylation sites (tertiary alicyclic amines) is 1. The third-order valence-corrected chi connectivity index (χ3v) is 5.79. The van der Waals surface area contributed by atoms with E-state index in [4.69, 9.17) is 4.74 Å². The molecule has 28 heavy (non-hydrogen) atoms. The summed E-state index contributed by atoms with van der Waals surface area (Å²) in [4.78, 5) is 14.0. The number of amides is 2. The van der Waals surface area contributed by atoms with Gasteiger partial charge in [0.15, 0.2) is 0 Å². The monoisotopic (exact) mass is 386 g/mol. The first-order chi connectivity index (χ1) is 13.3. The number of benzene rings is 2. The van der Waals surface area contributed by atoms with Crippen LogP contribution < -0.4 is 10.1 Å². The van der Waals surface area contributed by atoms with Crippen molar-refractivity contribution in [1.29, 1.82) is 0 Å². The van der Waals surface area contributed by atoms with Gasteiger partial charge in [-0.2, -0.15) is 0 Å². The maximum Gasteiger partial charge on any atom is 0.318 e. The fourth-order valence-corrected chi connectivity index (χ4v) is 3.89. The molecule has 0 radical (unpaired) electrons. The number of nitrogens with zero attached hydrogens (tertiary/aromatic N) is 1. The number of hydrogen-bond donors (Lipinski definition) is 1. The molecule has 2 aliphatic rings. The van der Waals surface area contributed by atoms with Gasteiger partial charge in [0.05, 0.1) is 11.5 Å². The van der Waals surface area contributed by atoms with Gasteiger partial charge in [-0.25, -0.2) is 13.6 Å². The molecule has 2 fully saturated rings. The van der Waals surface area contributed by atoms with Gasteiger partial charge >= 0.3 is 6.03 Å². The van der Waals surface area contributed by atoms with Crippen molar-refractivity contribution >= 4 is 6.03 Å². The zero-order chi connectivity index (χ0) is 19.9. The summed E-state index contributed by atoms with van der Waals surface area (Å²) in [5.74, 6) is -1.81. The van der Waals surface area contributed by atoms with E-state index >= 15 is 0 Å². The number of carbonyl (C=O) groups excluding carboxylic acids is 1. The van der Waals surface area contributed by atoms with Gasteiger partial charge in [0.2, 0.25) is 0 Å². The van der Waals surface area contributed by atoms with Crippen LogP contribution in [0.2, 0.25) is 0 Å². The van der Waals surface area contributed by atoms with Crippen molar-refractivity contribution in [2.45, 2.75) is 32.2 Å². The zero-order valence-electron chi connectivity index (χ0n) is 16.0. The summed E-state index contributed by atoms with van der Waals surface area (Å²) in [6.45, 7) is 4.45. The Labute approximate surface area is 163 Å². The van der Waals surface area contributed by atoms with Crippen molar-refractivity contribution in [3.8, 4) is 5.75 Å². The summed E-state index contributed by atoms with van der Waals surface area (Å²) in [7, 11) is 0. The second-order valence-electron chi connectivity index (χ2n) is 7.96. The van der Waals surface area contributed by atoms with E-state index in [1.165, 1.54) is 4.90 Å². The summed E-state index contributed by atoms with van der Waals surface area (Å²) < 4.78 is 32.9. The van der Waals surface area contributed by atoms with E-state index < -0.39 is 11.3 Å². The molecule has 1 saturated heterocycles. The van der Waals surface area contributed by atoms with Crippen molar-refractivity contribution in [2.24, 2.45) is 5.41 Å². The van der Waals surface area contributed by atoms with E-state index in [2.05, 4.69) is 5.32 Å². The Bertz CT molecular complexity index is 859. The molecule has 1 heterocycles. The third-order valence-electron chi connectivity index (χ3n) is 5.79. The van der Waals surface area contributed by atoms with Gasteiger partial charge in [0.25, 0.3) is 5.92 Å². The van der Waals surface area contributed by atoms with Crippen LogP contribution in [-0.4, -0.2) is 36.5 Å². The van der Waals surface area contributed by atoms with Crippen LogP contribution in [0.1, 0.15) is 29.2 Å². The number of rotatable bonds is 5. The lowest BCUT2D eigenvalue weighted by Gasteiger charge is -2.40. The molecule has 2 aromatic rings. The minimum Gasteiger partial charge on any atom is -0.491 e. The number of alkyl halides is 2. The quantitative estimate of drug-likeness (QED) is 0.824. The summed E-state index contributed by atoms with van der Waals surface area (Å²) in [6, 6.07) is 14.8. The molecular weight excluding hydrogens is 362 g/mol. The van der Waals surface area contributed by atoms with Gasteiger partial charge in [-0.1, -0.05) is 48.5 Å². The molecule has 1 atom stereocenters. The van der Waals surface area contributed by atoms with Crippen LogP contribution in [-0.2, 0) is 0 Å². The average Bonchev–Trinajstić information content (AvgIpc) is 3.22. The van der Waals surface area contributed by atoms with Crippen molar-refractivity contribution in [3.63, 3.8) is 0 Å². The lowest BCUT2D eigenvalue weighted by molar-refractivity contribution is -0.00580. The summed E-state index contributed by atoms with van der Waals surface area (Å²) in [5.41, 5.74) is 1.99. The molecule has 4 rings (SSSR count). The van der Waals surface area contributed by atoms with Crippen molar-refractivity contribution < 1.29 is 18.3 Å². The van der Waals surface area contributed by atoms with E-state index in [0.29, 0.717) is 0 Å². The Hall–Kier alpha value is -2.63. The number of halogens is 2. The first-order valence-electron chi connectivity index (χ1n) is 9.49. The van der Waals surface area contributed by atoms with Crippen LogP contribution in [0, 0.1) is 19.3 Å². The van der Waals surface area contributed by atoms with Crippen molar-refractivity contribution in [3.05, 3.63) is 65.2 Å². The average molecular weight is 386 g/mol. The molecule has 2 aromatic carbocycles. The maximum atomic E-state index is 13.4. The highest BCUT2D eigenvalue weighted by Gasteiger charge is 2.76. The molecule has 1 spiro atoms. The Balaban J connectivity index is 1.44. The second kappa shape index (κ2) is 6.76. The van der Waals surface area contributed by atoms with Crippen LogP contribution in [0.25, 0.3) is 0 Å². The number of urea groups is 1. The van der Waals surface area contributed by atoms with E-state index in [9.17, 15) is 13.6 Å². The molecular formula is C22H24F2N2O2. The predicted molar refractivity (Wildman–Crippen MR) is 103 cm³/mol. The molecule has 1 unspecified atom stereocenters. The molecule has 148 valence electrons. The topological polar surface area (TPSA) is 41.6 Å². The lowest BCUT2D eigenvalue weighted by atomic mass is 9.96. The van der Waals surface area contributed by atoms with Gasteiger partial charge in [0, 0.05) is 19.5 Å². The van der Waals surface area contributed by atoms with Crippen LogP contribution in [0.15, 0.2) is 48.5 Å². The molecule has 1 saturated carbocycles. The molecule has 0 bridgehead atoms. The van der Waals surface area contributed by atoms with Crippen LogP contribution in [0.5, 0.6) is 5.75 Å².